The van der Waals surface area contributed by atoms with Gasteiger partial charge in [-0.3, -0.25) is 9.59 Å². The molecule has 1 unspecified atom stereocenters. The van der Waals surface area contributed by atoms with Gasteiger partial charge in [-0.25, -0.2) is 9.78 Å². The van der Waals surface area contributed by atoms with Crippen molar-refractivity contribution >= 4 is 98.1 Å². The molecule has 0 spiro atoms. The van der Waals surface area contributed by atoms with E-state index in [1.54, 1.807) is 24.3 Å². The lowest BCUT2D eigenvalue weighted by molar-refractivity contribution is -0.115. The van der Waals surface area contributed by atoms with Crippen LogP contribution in [-0.2, 0) is 4.79 Å². The van der Waals surface area contributed by atoms with E-state index in [9.17, 15) is 19.5 Å². The first-order valence-electron chi connectivity index (χ1n) is 13.8. The molecule has 0 aliphatic heterocycles. The standard InChI is InChI=1S/C33H23Cl4N3O5S2/c1-2-45-20-13-11-17(12-14-20)22-16-46-33(39-22)40-31(42)29(18-7-4-3-5-8-18)47-21-10-6-9-19(15-21)38-30(41)23-24(32(43)44)26(35)28(37)27(36)25(23)34/h3-16,29H,2H2,1H3,(H,38,41)(H,43,44)(H,39,40,42). The van der Waals surface area contributed by atoms with Gasteiger partial charge in [0, 0.05) is 21.5 Å². The molecule has 0 bridgehead atoms. The molecule has 0 saturated carbocycles. The van der Waals surface area contributed by atoms with Crippen LogP contribution in [0, 0.1) is 0 Å². The number of halogens is 4. The summed E-state index contributed by atoms with van der Waals surface area (Å²) in [6, 6.07) is 23.5. The Bertz CT molecular complexity index is 1960. The summed E-state index contributed by atoms with van der Waals surface area (Å²) in [5, 5.41) is 15.6. The van der Waals surface area contributed by atoms with Crippen molar-refractivity contribution in [1.82, 2.24) is 4.98 Å². The highest BCUT2D eigenvalue weighted by atomic mass is 35.5. The quantitative estimate of drug-likeness (QED) is 0.0700. The number of carboxylic acid groups (broad SMARTS) is 1. The molecule has 2 amide bonds. The van der Waals surface area contributed by atoms with Gasteiger partial charge in [-0.05, 0) is 55.0 Å². The molecule has 1 atom stereocenters. The summed E-state index contributed by atoms with van der Waals surface area (Å²) in [6.45, 7) is 2.49. The van der Waals surface area contributed by atoms with Crippen molar-refractivity contribution in [2.24, 2.45) is 0 Å². The van der Waals surface area contributed by atoms with E-state index in [0.29, 0.717) is 22.3 Å². The van der Waals surface area contributed by atoms with Crippen molar-refractivity contribution in [2.75, 3.05) is 17.2 Å². The Balaban J connectivity index is 1.36. The molecule has 0 aliphatic carbocycles. The van der Waals surface area contributed by atoms with Crippen molar-refractivity contribution < 1.29 is 24.2 Å². The lowest BCUT2D eigenvalue weighted by Crippen LogP contribution is -2.19. The third-order valence-electron chi connectivity index (χ3n) is 6.59. The van der Waals surface area contributed by atoms with E-state index >= 15 is 0 Å². The first kappa shape index (κ1) is 34.6. The lowest BCUT2D eigenvalue weighted by Gasteiger charge is -2.17. The number of thiazole rings is 1. The molecule has 47 heavy (non-hydrogen) atoms. The summed E-state index contributed by atoms with van der Waals surface area (Å²) in [7, 11) is 0. The Hall–Kier alpha value is -3.77. The molecule has 4 aromatic carbocycles. The zero-order chi connectivity index (χ0) is 33.7. The molecular formula is C33H23Cl4N3O5S2. The molecule has 5 rings (SSSR count). The summed E-state index contributed by atoms with van der Waals surface area (Å²) >= 11 is 27.1. The first-order valence-corrected chi connectivity index (χ1v) is 17.1. The first-order chi connectivity index (χ1) is 22.6. The zero-order valence-electron chi connectivity index (χ0n) is 24.2. The minimum atomic E-state index is -1.51. The lowest BCUT2D eigenvalue weighted by atomic mass is 10.1. The largest absolute Gasteiger partial charge is 0.494 e. The van der Waals surface area contributed by atoms with Gasteiger partial charge in [-0.1, -0.05) is 82.8 Å². The third kappa shape index (κ3) is 8.03. The molecule has 14 heteroatoms. The molecule has 0 radical (unpaired) electrons. The maximum Gasteiger partial charge on any atom is 0.338 e. The monoisotopic (exact) mass is 745 g/mol. The maximum absolute atomic E-state index is 13.7. The summed E-state index contributed by atoms with van der Waals surface area (Å²) in [5.41, 5.74) is 1.64. The van der Waals surface area contributed by atoms with Gasteiger partial charge in [0.25, 0.3) is 5.91 Å². The van der Waals surface area contributed by atoms with Crippen molar-refractivity contribution in [3.8, 4) is 17.0 Å². The predicted octanol–water partition coefficient (Wildman–Crippen LogP) is 10.2. The SMILES string of the molecule is CCOc1ccc(-c2csc(NC(=O)C(Sc3cccc(NC(=O)c4c(Cl)c(Cl)c(Cl)c(Cl)c4C(=O)O)c3)c3ccccc3)n2)cc1. The predicted molar refractivity (Wildman–Crippen MR) is 190 cm³/mol. The van der Waals surface area contributed by atoms with E-state index in [4.69, 9.17) is 51.1 Å². The Kier molecular flexibility index (Phi) is 11.3. The van der Waals surface area contributed by atoms with Crippen LogP contribution in [0.15, 0.2) is 89.1 Å². The number of amides is 2. The number of nitrogens with one attached hydrogen (secondary N) is 2. The number of aromatic carboxylic acids is 1. The minimum Gasteiger partial charge on any atom is -0.494 e. The average Bonchev–Trinajstić information content (AvgIpc) is 3.53. The van der Waals surface area contributed by atoms with E-state index in [2.05, 4.69) is 15.6 Å². The van der Waals surface area contributed by atoms with Crippen LogP contribution in [0.1, 0.15) is 38.5 Å². The Labute approximate surface area is 298 Å². The zero-order valence-corrected chi connectivity index (χ0v) is 28.9. The minimum absolute atomic E-state index is 0.249. The normalized spacial score (nSPS) is 11.5. The van der Waals surface area contributed by atoms with Gasteiger partial charge < -0.3 is 20.5 Å². The molecule has 8 nitrogen and oxygen atoms in total. The number of carboxylic acids is 1. The highest BCUT2D eigenvalue weighted by Gasteiger charge is 2.29. The molecule has 0 fully saturated rings. The van der Waals surface area contributed by atoms with E-state index in [1.807, 2.05) is 66.9 Å². The van der Waals surface area contributed by atoms with Crippen LogP contribution < -0.4 is 15.4 Å². The van der Waals surface area contributed by atoms with E-state index in [-0.39, 0.29) is 21.0 Å². The number of aromatic nitrogens is 1. The van der Waals surface area contributed by atoms with Crippen LogP contribution in [0.25, 0.3) is 11.3 Å². The molecule has 1 aromatic heterocycles. The van der Waals surface area contributed by atoms with Gasteiger partial charge in [0.15, 0.2) is 5.13 Å². The van der Waals surface area contributed by atoms with Crippen LogP contribution in [0.5, 0.6) is 5.75 Å². The Morgan fingerprint density at radius 3 is 2.21 bits per heavy atom. The highest BCUT2D eigenvalue weighted by molar-refractivity contribution is 8.00. The molecular weight excluding hydrogens is 724 g/mol. The van der Waals surface area contributed by atoms with Gasteiger partial charge >= 0.3 is 5.97 Å². The number of hydrogen-bond donors (Lipinski definition) is 3. The second kappa shape index (κ2) is 15.4. The molecule has 0 aliphatic rings. The van der Waals surface area contributed by atoms with Gasteiger partial charge in [0.1, 0.15) is 11.0 Å². The molecule has 240 valence electrons. The van der Waals surface area contributed by atoms with Crippen LogP contribution in [0.3, 0.4) is 0 Å². The number of ether oxygens (including phenoxy) is 1. The topological polar surface area (TPSA) is 118 Å². The van der Waals surface area contributed by atoms with Gasteiger partial charge in [0.2, 0.25) is 5.91 Å². The fraction of sp³-hybridized carbons (Fsp3) is 0.0909. The number of rotatable bonds is 11. The van der Waals surface area contributed by atoms with E-state index < -0.39 is 33.3 Å². The third-order valence-corrected chi connectivity index (χ3v) is 10.4. The molecule has 0 saturated heterocycles. The fourth-order valence-electron chi connectivity index (χ4n) is 4.45. The van der Waals surface area contributed by atoms with Gasteiger partial charge in [-0.15, -0.1) is 23.1 Å². The van der Waals surface area contributed by atoms with Crippen LogP contribution in [0.2, 0.25) is 20.1 Å². The smallest absolute Gasteiger partial charge is 0.338 e. The van der Waals surface area contributed by atoms with Crippen molar-refractivity contribution in [1.29, 1.82) is 0 Å². The van der Waals surface area contributed by atoms with Crippen molar-refractivity contribution in [3.05, 3.63) is 121 Å². The summed E-state index contributed by atoms with van der Waals surface area (Å²) < 4.78 is 5.51. The summed E-state index contributed by atoms with van der Waals surface area (Å²) in [4.78, 5) is 44.2. The number of hydrogen-bond acceptors (Lipinski definition) is 7. The average molecular weight is 748 g/mol. The van der Waals surface area contributed by atoms with Crippen molar-refractivity contribution in [3.63, 3.8) is 0 Å². The van der Waals surface area contributed by atoms with Crippen LogP contribution >= 0.6 is 69.5 Å². The Morgan fingerprint density at radius 1 is 0.872 bits per heavy atom. The van der Waals surface area contributed by atoms with Crippen LogP contribution in [-0.4, -0.2) is 34.5 Å². The molecule has 5 aromatic rings. The second-order valence-corrected chi connectivity index (χ2v) is 13.2. The second-order valence-electron chi connectivity index (χ2n) is 9.69. The van der Waals surface area contributed by atoms with E-state index in [1.165, 1.54) is 23.1 Å². The molecule has 3 N–H and O–H groups in total. The van der Waals surface area contributed by atoms with Crippen LogP contribution in [0.4, 0.5) is 10.8 Å². The summed E-state index contributed by atoms with van der Waals surface area (Å²) in [5.74, 6) is -1.90. The Morgan fingerprint density at radius 2 is 1.55 bits per heavy atom. The number of anilines is 2. The maximum atomic E-state index is 13.7. The number of benzene rings is 4. The van der Waals surface area contributed by atoms with Gasteiger partial charge in [0.05, 0.1) is 43.5 Å². The molecule has 1 heterocycles. The number of carbonyl (C=O) groups is 3. The van der Waals surface area contributed by atoms with E-state index in [0.717, 1.165) is 22.6 Å². The van der Waals surface area contributed by atoms with Crippen molar-refractivity contribution in [2.45, 2.75) is 17.1 Å². The fourth-order valence-corrected chi connectivity index (χ4v) is 7.27. The highest BCUT2D eigenvalue weighted by Crippen LogP contribution is 2.42. The van der Waals surface area contributed by atoms with Gasteiger partial charge in [-0.2, -0.15) is 0 Å². The number of thioether (sulfide) groups is 1. The number of carbonyl (C=O) groups excluding carboxylic acids is 2. The number of nitrogens with zero attached hydrogens (tertiary/aromatic N) is 1. The summed E-state index contributed by atoms with van der Waals surface area (Å²) in [6.07, 6.45) is 0.